The Morgan fingerprint density at radius 3 is 2.40 bits per heavy atom. The van der Waals surface area contributed by atoms with E-state index < -0.39 is 10.8 Å². The second kappa shape index (κ2) is 12.9. The molecule has 0 spiro atoms. The summed E-state index contributed by atoms with van der Waals surface area (Å²) in [6.45, 7) is 12.9. The van der Waals surface area contributed by atoms with Gasteiger partial charge >= 0.3 is 0 Å². The third kappa shape index (κ3) is 6.77. The minimum Gasteiger partial charge on any atom is -0.371 e. The van der Waals surface area contributed by atoms with Crippen LogP contribution in [0.15, 0.2) is 53.6 Å². The van der Waals surface area contributed by atoms with E-state index in [1.165, 1.54) is 44.7 Å². The van der Waals surface area contributed by atoms with E-state index in [9.17, 15) is 4.21 Å². The van der Waals surface area contributed by atoms with Crippen molar-refractivity contribution in [1.29, 1.82) is 0 Å². The second-order valence-electron chi connectivity index (χ2n) is 11.0. The fourth-order valence-corrected chi connectivity index (χ4v) is 6.62. The molecule has 0 bridgehead atoms. The van der Waals surface area contributed by atoms with Crippen molar-refractivity contribution in [3.8, 4) is 0 Å². The zero-order valence-electron chi connectivity index (χ0n) is 23.9. The zero-order chi connectivity index (χ0) is 28.2. The first-order valence-electron chi connectivity index (χ1n) is 14.1. The van der Waals surface area contributed by atoms with E-state index in [-0.39, 0.29) is 5.25 Å². The van der Waals surface area contributed by atoms with Crippen molar-refractivity contribution in [2.75, 3.05) is 61.8 Å². The third-order valence-electron chi connectivity index (χ3n) is 7.87. The Morgan fingerprint density at radius 1 is 0.975 bits per heavy atom. The average molecular weight is 582 g/mol. The molecule has 3 aromatic rings. The van der Waals surface area contributed by atoms with Gasteiger partial charge in [-0.25, -0.2) is 4.98 Å². The van der Waals surface area contributed by atoms with Crippen molar-refractivity contribution in [1.82, 2.24) is 19.8 Å². The molecule has 0 amide bonds. The SMILES string of the molecule is Cc1cc(N2CCC(N3CCN(C)CC3)CC2)ccc1Nc1ncc(Cl)c(Nc2ccccc2S(=O)C(C)C)n1. The Kier molecular flexibility index (Phi) is 9.25. The van der Waals surface area contributed by atoms with Crippen LogP contribution in [0, 0.1) is 6.92 Å². The molecule has 0 saturated carbocycles. The molecule has 2 saturated heterocycles. The number of piperidine rings is 1. The summed E-state index contributed by atoms with van der Waals surface area (Å²) in [4.78, 5) is 17.4. The first-order valence-corrected chi connectivity index (χ1v) is 15.7. The van der Waals surface area contributed by atoms with Gasteiger partial charge in [0.1, 0.15) is 5.02 Å². The van der Waals surface area contributed by atoms with Crippen LogP contribution < -0.4 is 15.5 Å². The molecule has 40 heavy (non-hydrogen) atoms. The van der Waals surface area contributed by atoms with E-state index >= 15 is 0 Å². The number of piperazine rings is 1. The number of para-hydroxylation sites is 1. The molecule has 1 unspecified atom stereocenters. The Hall–Kier alpha value is -2.72. The van der Waals surface area contributed by atoms with Gasteiger partial charge in [-0.15, -0.1) is 0 Å². The highest BCUT2D eigenvalue weighted by molar-refractivity contribution is 7.85. The van der Waals surface area contributed by atoms with Crippen LogP contribution in [0.25, 0.3) is 0 Å². The van der Waals surface area contributed by atoms with Gasteiger partial charge in [-0.2, -0.15) is 4.98 Å². The molecule has 5 rings (SSSR count). The summed E-state index contributed by atoms with van der Waals surface area (Å²) in [5, 5.41) is 7.01. The lowest BCUT2D eigenvalue weighted by atomic mass is 10.0. The maximum Gasteiger partial charge on any atom is 0.229 e. The first-order chi connectivity index (χ1) is 19.3. The zero-order valence-corrected chi connectivity index (χ0v) is 25.4. The van der Waals surface area contributed by atoms with E-state index in [1.807, 2.05) is 38.1 Å². The number of likely N-dealkylation sites (N-methyl/N-ethyl adjacent to an activating group) is 1. The van der Waals surface area contributed by atoms with Gasteiger partial charge in [0, 0.05) is 61.9 Å². The summed E-state index contributed by atoms with van der Waals surface area (Å²) in [6, 6.07) is 14.8. The maximum absolute atomic E-state index is 12.8. The van der Waals surface area contributed by atoms with Crippen LogP contribution in [0.3, 0.4) is 0 Å². The molecule has 1 aromatic heterocycles. The Morgan fingerprint density at radius 2 is 1.70 bits per heavy atom. The highest BCUT2D eigenvalue weighted by atomic mass is 35.5. The number of aryl methyl sites for hydroxylation is 1. The topological polar surface area (TPSA) is 76.6 Å². The lowest BCUT2D eigenvalue weighted by Gasteiger charge is -2.42. The molecule has 2 aromatic carbocycles. The number of aromatic nitrogens is 2. The fourth-order valence-electron chi connectivity index (χ4n) is 5.42. The van der Waals surface area contributed by atoms with E-state index in [0.717, 1.165) is 34.9 Å². The van der Waals surface area contributed by atoms with Crippen molar-refractivity contribution in [2.45, 2.75) is 49.8 Å². The van der Waals surface area contributed by atoms with Crippen LogP contribution >= 0.6 is 11.6 Å². The molecular weight excluding hydrogens is 542 g/mol. The smallest absolute Gasteiger partial charge is 0.229 e. The summed E-state index contributed by atoms with van der Waals surface area (Å²) in [7, 11) is 1.07. The van der Waals surface area contributed by atoms with Gasteiger partial charge in [-0.05, 0) is 62.7 Å². The van der Waals surface area contributed by atoms with Crippen molar-refractivity contribution in [2.24, 2.45) is 0 Å². The Balaban J connectivity index is 1.24. The summed E-state index contributed by atoms with van der Waals surface area (Å²) in [5.74, 6) is 0.906. The number of benzene rings is 2. The van der Waals surface area contributed by atoms with E-state index in [4.69, 9.17) is 11.6 Å². The van der Waals surface area contributed by atoms with Crippen LogP contribution in [-0.2, 0) is 10.8 Å². The molecule has 0 aliphatic carbocycles. The molecule has 2 aliphatic heterocycles. The molecule has 1 atom stereocenters. The van der Waals surface area contributed by atoms with Crippen molar-refractivity contribution in [3.05, 3.63) is 59.2 Å². The molecule has 0 radical (unpaired) electrons. The standard InChI is InChI=1S/C30H40ClN7OS/c1-21(2)40(39)28-8-6-5-7-27(28)33-29-25(31)20-32-30(35-29)34-26-10-9-24(19-22(26)3)37-13-11-23(12-14-37)38-17-15-36(4)16-18-38/h5-10,19-21,23H,11-18H2,1-4H3,(H2,32,33,34,35). The normalized spacial score (nSPS) is 18.2. The van der Waals surface area contributed by atoms with E-state index in [2.05, 4.69) is 67.5 Å². The predicted molar refractivity (Wildman–Crippen MR) is 167 cm³/mol. The number of halogens is 1. The van der Waals surface area contributed by atoms with Crippen LogP contribution in [0.5, 0.6) is 0 Å². The number of rotatable bonds is 8. The van der Waals surface area contributed by atoms with Gasteiger partial charge in [0.15, 0.2) is 5.82 Å². The molecule has 3 heterocycles. The van der Waals surface area contributed by atoms with Crippen LogP contribution in [0.4, 0.5) is 28.8 Å². The van der Waals surface area contributed by atoms with Crippen molar-refractivity contribution in [3.63, 3.8) is 0 Å². The highest BCUT2D eigenvalue weighted by Crippen LogP contribution is 2.31. The summed E-state index contributed by atoms with van der Waals surface area (Å²) in [6.07, 6.45) is 4.01. The van der Waals surface area contributed by atoms with Crippen LogP contribution in [-0.4, -0.2) is 81.6 Å². The summed E-state index contributed by atoms with van der Waals surface area (Å²) < 4.78 is 12.8. The minimum absolute atomic E-state index is 0.00434. The van der Waals surface area contributed by atoms with E-state index in [0.29, 0.717) is 22.8 Å². The lowest BCUT2D eigenvalue weighted by Crippen LogP contribution is -2.52. The van der Waals surface area contributed by atoms with Gasteiger partial charge in [-0.3, -0.25) is 9.11 Å². The molecule has 10 heteroatoms. The molecule has 2 aliphatic rings. The van der Waals surface area contributed by atoms with Gasteiger partial charge in [-0.1, -0.05) is 37.6 Å². The van der Waals surface area contributed by atoms with Crippen molar-refractivity contribution < 1.29 is 4.21 Å². The predicted octanol–water partition coefficient (Wildman–Crippen LogP) is 5.66. The number of hydrogen-bond acceptors (Lipinski definition) is 8. The minimum atomic E-state index is -1.15. The van der Waals surface area contributed by atoms with Gasteiger partial charge in [0.2, 0.25) is 5.95 Å². The number of nitrogens with one attached hydrogen (secondary N) is 2. The molecule has 214 valence electrons. The number of hydrogen-bond donors (Lipinski definition) is 2. The largest absolute Gasteiger partial charge is 0.371 e. The molecule has 8 nitrogen and oxygen atoms in total. The summed E-state index contributed by atoms with van der Waals surface area (Å²) >= 11 is 6.45. The third-order valence-corrected chi connectivity index (χ3v) is 9.79. The Labute approximate surface area is 245 Å². The van der Waals surface area contributed by atoms with Crippen LogP contribution in [0.1, 0.15) is 32.3 Å². The van der Waals surface area contributed by atoms with Gasteiger partial charge in [0.25, 0.3) is 0 Å². The van der Waals surface area contributed by atoms with Crippen molar-refractivity contribution >= 4 is 51.2 Å². The maximum atomic E-state index is 12.8. The van der Waals surface area contributed by atoms with Gasteiger partial charge in [0.05, 0.1) is 27.6 Å². The first kappa shape index (κ1) is 28.8. The molecular formula is C30H40ClN7OS. The highest BCUT2D eigenvalue weighted by Gasteiger charge is 2.27. The number of anilines is 5. The summed E-state index contributed by atoms with van der Waals surface area (Å²) in [5.41, 5.74) is 4.06. The fraction of sp³-hybridized carbons (Fsp3) is 0.467. The number of nitrogens with zero attached hydrogens (tertiary/aromatic N) is 5. The van der Waals surface area contributed by atoms with E-state index in [1.54, 1.807) is 6.20 Å². The van der Waals surface area contributed by atoms with Crippen LogP contribution in [0.2, 0.25) is 5.02 Å². The second-order valence-corrected chi connectivity index (χ2v) is 13.4. The quantitative estimate of drug-likeness (QED) is 0.353. The Bertz CT molecular complexity index is 1340. The monoisotopic (exact) mass is 581 g/mol. The average Bonchev–Trinajstić information content (AvgIpc) is 2.96. The molecule has 2 N–H and O–H groups in total. The lowest BCUT2D eigenvalue weighted by molar-refractivity contribution is 0.0982. The van der Waals surface area contributed by atoms with Gasteiger partial charge < -0.3 is 20.4 Å². The molecule has 2 fully saturated rings.